The predicted octanol–water partition coefficient (Wildman–Crippen LogP) is 3.49. The van der Waals surface area contributed by atoms with Crippen molar-refractivity contribution >= 4 is 28.9 Å². The first-order valence-electron chi connectivity index (χ1n) is 6.03. The van der Waals surface area contributed by atoms with Crippen molar-refractivity contribution in [3.05, 3.63) is 52.5 Å². The van der Waals surface area contributed by atoms with Gasteiger partial charge in [-0.15, -0.1) is 0 Å². The zero-order chi connectivity index (χ0) is 14.7. The second-order valence-electron chi connectivity index (χ2n) is 4.32. The highest BCUT2D eigenvalue weighted by Crippen LogP contribution is 2.26. The summed E-state index contributed by atoms with van der Waals surface area (Å²) < 4.78 is 5.11. The van der Waals surface area contributed by atoms with Crippen molar-refractivity contribution < 1.29 is 9.53 Å². The fourth-order valence-corrected chi connectivity index (χ4v) is 1.99. The molecule has 2 aromatic rings. The van der Waals surface area contributed by atoms with Gasteiger partial charge in [-0.2, -0.15) is 0 Å². The molecule has 20 heavy (non-hydrogen) atoms. The standard InChI is InChI=1S/C15H15ClN2O2/c1-9-11(4-3-5-12(9)16)15(19)18-14-8-10(20-2)6-7-13(14)17/h3-8H,17H2,1-2H3,(H,18,19). The molecule has 0 saturated carbocycles. The van der Waals surface area contributed by atoms with E-state index in [4.69, 9.17) is 22.1 Å². The lowest BCUT2D eigenvalue weighted by atomic mass is 10.1. The molecule has 4 nitrogen and oxygen atoms in total. The molecule has 0 fully saturated rings. The van der Waals surface area contributed by atoms with Crippen molar-refractivity contribution in [3.63, 3.8) is 0 Å². The SMILES string of the molecule is COc1ccc(N)c(NC(=O)c2cccc(Cl)c2C)c1. The first kappa shape index (κ1) is 14.2. The van der Waals surface area contributed by atoms with Gasteiger partial charge in [-0.25, -0.2) is 0 Å². The van der Waals surface area contributed by atoms with Crippen LogP contribution in [0.1, 0.15) is 15.9 Å². The highest BCUT2D eigenvalue weighted by Gasteiger charge is 2.12. The molecule has 5 heteroatoms. The van der Waals surface area contributed by atoms with E-state index in [2.05, 4.69) is 5.32 Å². The molecule has 0 saturated heterocycles. The molecule has 0 unspecified atom stereocenters. The number of nitrogens with two attached hydrogens (primary N) is 1. The van der Waals surface area contributed by atoms with E-state index in [0.29, 0.717) is 27.7 Å². The molecular weight excluding hydrogens is 276 g/mol. The molecule has 1 amide bonds. The van der Waals surface area contributed by atoms with Crippen LogP contribution in [-0.2, 0) is 0 Å². The summed E-state index contributed by atoms with van der Waals surface area (Å²) in [5, 5.41) is 3.32. The number of benzene rings is 2. The lowest BCUT2D eigenvalue weighted by Crippen LogP contribution is -2.14. The fourth-order valence-electron chi connectivity index (χ4n) is 1.81. The van der Waals surface area contributed by atoms with Crippen molar-refractivity contribution in [2.24, 2.45) is 0 Å². The number of halogens is 1. The number of ether oxygens (including phenoxy) is 1. The van der Waals surface area contributed by atoms with Gasteiger partial charge in [0.05, 0.1) is 18.5 Å². The van der Waals surface area contributed by atoms with Crippen LogP contribution in [0.3, 0.4) is 0 Å². The summed E-state index contributed by atoms with van der Waals surface area (Å²) in [5.41, 5.74) is 8.06. The Morgan fingerprint density at radius 1 is 1.30 bits per heavy atom. The normalized spacial score (nSPS) is 10.2. The number of methoxy groups -OCH3 is 1. The quantitative estimate of drug-likeness (QED) is 0.851. The maximum absolute atomic E-state index is 12.3. The molecule has 0 aliphatic heterocycles. The van der Waals surface area contributed by atoms with E-state index in [1.807, 2.05) is 0 Å². The summed E-state index contributed by atoms with van der Waals surface area (Å²) in [6, 6.07) is 10.3. The average molecular weight is 291 g/mol. The van der Waals surface area contributed by atoms with Gasteiger partial charge in [-0.05, 0) is 36.8 Å². The van der Waals surface area contributed by atoms with Gasteiger partial charge >= 0.3 is 0 Å². The molecule has 3 N–H and O–H groups in total. The van der Waals surface area contributed by atoms with Crippen molar-refractivity contribution in [2.75, 3.05) is 18.2 Å². The average Bonchev–Trinajstić information content (AvgIpc) is 2.44. The third-order valence-electron chi connectivity index (χ3n) is 3.02. The van der Waals surface area contributed by atoms with E-state index in [9.17, 15) is 4.79 Å². The zero-order valence-electron chi connectivity index (χ0n) is 11.2. The van der Waals surface area contributed by atoms with Gasteiger partial charge in [-0.1, -0.05) is 17.7 Å². The second-order valence-corrected chi connectivity index (χ2v) is 4.73. The number of hydrogen-bond donors (Lipinski definition) is 2. The van der Waals surface area contributed by atoms with E-state index in [0.717, 1.165) is 5.56 Å². The molecule has 0 aliphatic carbocycles. The highest BCUT2D eigenvalue weighted by atomic mass is 35.5. The number of anilines is 2. The summed E-state index contributed by atoms with van der Waals surface area (Å²) in [6.45, 7) is 1.80. The van der Waals surface area contributed by atoms with Crippen LogP contribution < -0.4 is 15.8 Å². The van der Waals surface area contributed by atoms with Gasteiger partial charge in [0.1, 0.15) is 5.75 Å². The summed E-state index contributed by atoms with van der Waals surface area (Å²) in [7, 11) is 1.55. The maximum atomic E-state index is 12.3. The number of rotatable bonds is 3. The molecule has 0 spiro atoms. The van der Waals surface area contributed by atoms with Crippen LogP contribution in [0.25, 0.3) is 0 Å². The Bertz CT molecular complexity index is 656. The molecule has 104 valence electrons. The molecule has 0 heterocycles. The topological polar surface area (TPSA) is 64.3 Å². The number of nitrogens with one attached hydrogen (secondary N) is 1. The first-order chi connectivity index (χ1) is 9.52. The van der Waals surface area contributed by atoms with Crippen molar-refractivity contribution in [1.29, 1.82) is 0 Å². The van der Waals surface area contributed by atoms with Crippen LogP contribution in [0, 0.1) is 6.92 Å². The Morgan fingerprint density at radius 3 is 2.75 bits per heavy atom. The van der Waals surface area contributed by atoms with Gasteiger partial charge < -0.3 is 15.8 Å². The van der Waals surface area contributed by atoms with Crippen molar-refractivity contribution in [3.8, 4) is 5.75 Å². The van der Waals surface area contributed by atoms with E-state index >= 15 is 0 Å². The van der Waals surface area contributed by atoms with Crippen LogP contribution in [0.4, 0.5) is 11.4 Å². The van der Waals surface area contributed by atoms with E-state index in [1.54, 1.807) is 50.4 Å². The lowest BCUT2D eigenvalue weighted by molar-refractivity contribution is 0.102. The zero-order valence-corrected chi connectivity index (χ0v) is 12.0. The van der Waals surface area contributed by atoms with E-state index < -0.39 is 0 Å². The minimum atomic E-state index is -0.259. The van der Waals surface area contributed by atoms with Gasteiger partial charge in [0.25, 0.3) is 5.91 Å². The number of nitrogen functional groups attached to an aromatic ring is 1. The van der Waals surface area contributed by atoms with Gasteiger partial charge in [0, 0.05) is 16.7 Å². The summed E-state index contributed by atoms with van der Waals surface area (Å²) in [4.78, 5) is 12.3. The molecular formula is C15H15ClN2O2. The van der Waals surface area contributed by atoms with E-state index in [-0.39, 0.29) is 5.91 Å². The number of carbonyl (C=O) groups excluding carboxylic acids is 1. The maximum Gasteiger partial charge on any atom is 0.256 e. The smallest absolute Gasteiger partial charge is 0.256 e. The molecule has 0 aromatic heterocycles. The van der Waals surface area contributed by atoms with Crippen LogP contribution >= 0.6 is 11.6 Å². The van der Waals surface area contributed by atoms with Crippen LogP contribution in [0.5, 0.6) is 5.75 Å². The first-order valence-corrected chi connectivity index (χ1v) is 6.40. The number of amides is 1. The van der Waals surface area contributed by atoms with Crippen LogP contribution in [0.2, 0.25) is 5.02 Å². The second kappa shape index (κ2) is 5.84. The Morgan fingerprint density at radius 2 is 2.05 bits per heavy atom. The summed E-state index contributed by atoms with van der Waals surface area (Å²) in [5.74, 6) is 0.363. The predicted molar refractivity (Wildman–Crippen MR) is 81.5 cm³/mol. The molecule has 2 rings (SSSR count). The van der Waals surface area contributed by atoms with Gasteiger partial charge in [0.15, 0.2) is 0 Å². The van der Waals surface area contributed by atoms with Gasteiger partial charge in [0.2, 0.25) is 0 Å². The molecule has 0 aliphatic rings. The fraction of sp³-hybridized carbons (Fsp3) is 0.133. The molecule has 0 atom stereocenters. The Balaban J connectivity index is 2.30. The van der Waals surface area contributed by atoms with Crippen LogP contribution in [0.15, 0.2) is 36.4 Å². The summed E-state index contributed by atoms with van der Waals surface area (Å²) in [6.07, 6.45) is 0. The van der Waals surface area contributed by atoms with Crippen LogP contribution in [-0.4, -0.2) is 13.0 Å². The van der Waals surface area contributed by atoms with Crippen molar-refractivity contribution in [2.45, 2.75) is 6.92 Å². The number of hydrogen-bond acceptors (Lipinski definition) is 3. The van der Waals surface area contributed by atoms with E-state index in [1.165, 1.54) is 0 Å². The monoisotopic (exact) mass is 290 g/mol. The molecule has 0 bridgehead atoms. The minimum absolute atomic E-state index is 0.259. The largest absolute Gasteiger partial charge is 0.497 e. The lowest BCUT2D eigenvalue weighted by Gasteiger charge is -2.11. The highest BCUT2D eigenvalue weighted by molar-refractivity contribution is 6.32. The Labute approximate surface area is 122 Å². The third-order valence-corrected chi connectivity index (χ3v) is 3.43. The Hall–Kier alpha value is -2.20. The Kier molecular flexibility index (Phi) is 4.15. The minimum Gasteiger partial charge on any atom is -0.497 e. The summed E-state index contributed by atoms with van der Waals surface area (Å²) >= 11 is 6.02. The third kappa shape index (κ3) is 2.86. The molecule has 0 radical (unpaired) electrons. The van der Waals surface area contributed by atoms with Crippen molar-refractivity contribution in [1.82, 2.24) is 0 Å². The van der Waals surface area contributed by atoms with Gasteiger partial charge in [-0.3, -0.25) is 4.79 Å². The number of carbonyl (C=O) groups is 1. The molecule has 2 aromatic carbocycles.